The van der Waals surface area contributed by atoms with Crippen LogP contribution in [0.1, 0.15) is 19.4 Å². The topological polar surface area (TPSA) is 87.7 Å². The third-order valence-electron chi connectivity index (χ3n) is 5.22. The van der Waals surface area contributed by atoms with E-state index in [0.717, 1.165) is 11.3 Å². The summed E-state index contributed by atoms with van der Waals surface area (Å²) >= 11 is 0. The Hall–Kier alpha value is -2.41. The first-order chi connectivity index (χ1) is 11.4. The second-order valence-electron chi connectivity index (χ2n) is 6.76. The third kappa shape index (κ3) is 1.91. The first kappa shape index (κ1) is 15.1. The van der Waals surface area contributed by atoms with Gasteiger partial charge in [-0.25, -0.2) is 4.79 Å². The molecule has 2 N–H and O–H groups in total. The van der Waals surface area contributed by atoms with Gasteiger partial charge in [-0.2, -0.15) is 0 Å². The lowest BCUT2D eigenvalue weighted by Gasteiger charge is -2.55. The Labute approximate surface area is 139 Å². The van der Waals surface area contributed by atoms with Gasteiger partial charge in [0.1, 0.15) is 0 Å². The Bertz CT molecular complexity index is 727. The molecular formula is C17H19N3O4. The third-order valence-corrected chi connectivity index (χ3v) is 5.22. The zero-order chi connectivity index (χ0) is 17.1. The lowest BCUT2D eigenvalue weighted by atomic mass is 9.66. The number of imide groups is 2. The molecule has 1 aromatic rings. The zero-order valence-corrected chi connectivity index (χ0v) is 13.5. The van der Waals surface area contributed by atoms with Crippen molar-refractivity contribution < 1.29 is 19.1 Å². The average molecular weight is 329 g/mol. The molecule has 3 heterocycles. The van der Waals surface area contributed by atoms with Crippen molar-refractivity contribution in [1.82, 2.24) is 10.6 Å². The Morgan fingerprint density at radius 1 is 1.12 bits per heavy atom. The molecule has 0 aliphatic carbocycles. The van der Waals surface area contributed by atoms with Gasteiger partial charge >= 0.3 is 6.03 Å². The molecule has 0 saturated carbocycles. The maximum Gasteiger partial charge on any atom is 0.328 e. The van der Waals surface area contributed by atoms with Crippen molar-refractivity contribution >= 4 is 23.5 Å². The van der Waals surface area contributed by atoms with Crippen molar-refractivity contribution in [3.05, 3.63) is 29.8 Å². The lowest BCUT2D eigenvalue weighted by molar-refractivity contribution is -0.153. The molecule has 2 fully saturated rings. The summed E-state index contributed by atoms with van der Waals surface area (Å²) in [7, 11) is 0. The molecule has 0 radical (unpaired) electrons. The van der Waals surface area contributed by atoms with Gasteiger partial charge < -0.3 is 9.64 Å². The molecule has 7 nitrogen and oxygen atoms in total. The predicted octanol–water partition coefficient (Wildman–Crippen LogP) is 0.577. The summed E-state index contributed by atoms with van der Waals surface area (Å²) < 4.78 is 5.94. The summed E-state index contributed by atoms with van der Waals surface area (Å²) in [6.07, 6.45) is -0.0974. The van der Waals surface area contributed by atoms with Crippen LogP contribution in [0.5, 0.6) is 0 Å². The molecule has 3 atom stereocenters. The molecule has 3 aliphatic rings. The van der Waals surface area contributed by atoms with Crippen LogP contribution in [0.4, 0.5) is 10.5 Å². The number of nitrogens with one attached hydrogen (secondary N) is 2. The van der Waals surface area contributed by atoms with Gasteiger partial charge in [0.05, 0.1) is 18.2 Å². The standard InChI is InChI=1S/C17H19N3O4/c1-9-8-20-12-6-4-3-5-11(12)7-17(13(20)10(2)24-9)14(21)18-16(23)19-15(17)22/h3-6,9-10,13H,7-8H2,1-2H3,(H2,18,19,21,22,23)/t9?,10-,13+/m0/s1. The summed E-state index contributed by atoms with van der Waals surface area (Å²) in [6, 6.07) is 6.54. The first-order valence-electron chi connectivity index (χ1n) is 8.10. The van der Waals surface area contributed by atoms with E-state index in [4.69, 9.17) is 4.74 Å². The van der Waals surface area contributed by atoms with Crippen molar-refractivity contribution in [2.45, 2.75) is 38.5 Å². The fourth-order valence-corrected chi connectivity index (χ4v) is 4.38. The number of rotatable bonds is 0. The van der Waals surface area contributed by atoms with Gasteiger partial charge in [-0.15, -0.1) is 0 Å². The van der Waals surface area contributed by atoms with Crippen molar-refractivity contribution in [3.63, 3.8) is 0 Å². The van der Waals surface area contributed by atoms with Gasteiger partial charge in [-0.05, 0) is 31.9 Å². The van der Waals surface area contributed by atoms with E-state index in [-0.39, 0.29) is 18.6 Å². The van der Waals surface area contributed by atoms with Gasteiger partial charge in [0.2, 0.25) is 11.8 Å². The zero-order valence-electron chi connectivity index (χ0n) is 13.5. The van der Waals surface area contributed by atoms with Crippen LogP contribution in [0.3, 0.4) is 0 Å². The van der Waals surface area contributed by atoms with E-state index in [1.807, 2.05) is 38.1 Å². The monoisotopic (exact) mass is 329 g/mol. The van der Waals surface area contributed by atoms with Crippen molar-refractivity contribution in [3.8, 4) is 0 Å². The van der Waals surface area contributed by atoms with Crippen LogP contribution in [-0.4, -0.2) is 42.6 Å². The number of carbonyl (C=O) groups excluding carboxylic acids is 3. The van der Waals surface area contributed by atoms with Crippen molar-refractivity contribution in [1.29, 1.82) is 0 Å². The summed E-state index contributed by atoms with van der Waals surface area (Å²) in [5.74, 6) is -1.10. The number of fused-ring (bicyclic) bond motifs is 4. The van der Waals surface area contributed by atoms with Gasteiger partial charge in [0, 0.05) is 12.2 Å². The molecule has 7 heteroatoms. The predicted molar refractivity (Wildman–Crippen MR) is 85.4 cm³/mol. The maximum absolute atomic E-state index is 12.8. The van der Waals surface area contributed by atoms with Gasteiger partial charge in [-0.3, -0.25) is 20.2 Å². The Morgan fingerprint density at radius 3 is 2.50 bits per heavy atom. The number of ether oxygens (including phenoxy) is 1. The number of para-hydroxylation sites is 1. The lowest BCUT2D eigenvalue weighted by Crippen LogP contribution is -2.75. The van der Waals surface area contributed by atoms with Gasteiger partial charge in [0.25, 0.3) is 0 Å². The maximum atomic E-state index is 12.8. The molecule has 2 saturated heterocycles. The Morgan fingerprint density at radius 2 is 1.79 bits per heavy atom. The molecular weight excluding hydrogens is 310 g/mol. The van der Waals surface area contributed by atoms with E-state index in [2.05, 4.69) is 15.5 Å². The Kier molecular flexibility index (Phi) is 3.18. The highest BCUT2D eigenvalue weighted by atomic mass is 16.5. The van der Waals surface area contributed by atoms with Crippen LogP contribution in [-0.2, 0) is 20.7 Å². The number of benzene rings is 1. The van der Waals surface area contributed by atoms with E-state index in [1.54, 1.807) is 0 Å². The number of anilines is 1. The molecule has 3 aliphatic heterocycles. The van der Waals surface area contributed by atoms with E-state index in [1.165, 1.54) is 0 Å². The van der Waals surface area contributed by atoms with E-state index >= 15 is 0 Å². The van der Waals surface area contributed by atoms with Crippen molar-refractivity contribution in [2.24, 2.45) is 5.41 Å². The fraction of sp³-hybridized carbons (Fsp3) is 0.471. The molecule has 1 unspecified atom stereocenters. The summed E-state index contributed by atoms with van der Waals surface area (Å²) in [4.78, 5) is 39.2. The second kappa shape index (κ2) is 5.04. The molecule has 24 heavy (non-hydrogen) atoms. The van der Waals surface area contributed by atoms with Crippen LogP contribution < -0.4 is 15.5 Å². The molecule has 4 amide bonds. The quantitative estimate of drug-likeness (QED) is 0.680. The summed E-state index contributed by atoms with van der Waals surface area (Å²) in [5, 5.41) is 4.55. The minimum Gasteiger partial charge on any atom is -0.372 e. The highest BCUT2D eigenvalue weighted by Crippen LogP contribution is 2.46. The molecule has 0 bridgehead atoms. The Balaban J connectivity index is 1.91. The number of morpholine rings is 1. The first-order valence-corrected chi connectivity index (χ1v) is 8.10. The number of amides is 4. The van der Waals surface area contributed by atoms with Crippen LogP contribution >= 0.6 is 0 Å². The number of hydrogen-bond donors (Lipinski definition) is 2. The number of hydrogen-bond acceptors (Lipinski definition) is 5. The van der Waals surface area contributed by atoms with Crippen LogP contribution in [0.25, 0.3) is 0 Å². The van der Waals surface area contributed by atoms with E-state index in [0.29, 0.717) is 6.54 Å². The number of nitrogens with zero attached hydrogens (tertiary/aromatic N) is 1. The van der Waals surface area contributed by atoms with E-state index in [9.17, 15) is 14.4 Å². The normalized spacial score (nSPS) is 31.2. The minimum absolute atomic E-state index is 0.0178. The minimum atomic E-state index is -1.37. The summed E-state index contributed by atoms with van der Waals surface area (Å²) in [5.41, 5.74) is 0.573. The molecule has 0 aromatic heterocycles. The molecule has 126 valence electrons. The number of urea groups is 1. The number of carbonyl (C=O) groups is 3. The largest absolute Gasteiger partial charge is 0.372 e. The van der Waals surface area contributed by atoms with Crippen LogP contribution in [0, 0.1) is 5.41 Å². The molecule has 1 spiro atoms. The van der Waals surface area contributed by atoms with Gasteiger partial charge in [-0.1, -0.05) is 18.2 Å². The van der Waals surface area contributed by atoms with Crippen molar-refractivity contribution in [2.75, 3.05) is 11.4 Å². The highest BCUT2D eigenvalue weighted by molar-refractivity contribution is 6.20. The average Bonchev–Trinajstić information content (AvgIpc) is 2.52. The second-order valence-corrected chi connectivity index (χ2v) is 6.76. The van der Waals surface area contributed by atoms with E-state index < -0.39 is 29.3 Å². The number of barbiturate groups is 1. The van der Waals surface area contributed by atoms with Crippen LogP contribution in [0.2, 0.25) is 0 Å². The SMILES string of the molecule is CC1CN2c3ccccc3CC3(C(=O)NC(=O)NC3=O)[C@H]2[C@H](C)O1. The summed E-state index contributed by atoms with van der Waals surface area (Å²) in [6.45, 7) is 4.43. The molecule has 1 aromatic carbocycles. The molecule has 4 rings (SSSR count). The van der Waals surface area contributed by atoms with Gasteiger partial charge in [0.15, 0.2) is 5.41 Å². The smallest absolute Gasteiger partial charge is 0.328 e. The fourth-order valence-electron chi connectivity index (χ4n) is 4.38. The van der Waals surface area contributed by atoms with Crippen LogP contribution in [0.15, 0.2) is 24.3 Å². The highest BCUT2D eigenvalue weighted by Gasteiger charge is 2.62.